The Bertz CT molecular complexity index is 1200. The van der Waals surface area contributed by atoms with Crippen LogP contribution in [-0.2, 0) is 16.1 Å². The second kappa shape index (κ2) is 9.52. The van der Waals surface area contributed by atoms with Crippen molar-refractivity contribution in [2.45, 2.75) is 46.3 Å². The SMILES string of the molecule is CC1=C(C2CC2CCOCC(F)(F)F)N=CC2C(Cn3cc4c(n3)C=C=CC=C4NC(=O)C(C)C)C12. The van der Waals surface area contributed by atoms with Gasteiger partial charge in [0, 0.05) is 60.7 Å². The third-order valence-electron chi connectivity index (χ3n) is 7.52. The molecule has 192 valence electrons. The predicted octanol–water partition coefficient (Wildman–Crippen LogP) is 5.00. The first kappa shape index (κ1) is 24.8. The number of carbonyl (C=O) groups excluding carboxylic acids is 1. The van der Waals surface area contributed by atoms with Gasteiger partial charge in [-0.15, -0.1) is 5.73 Å². The number of aromatic nitrogens is 2. The molecule has 2 saturated carbocycles. The molecule has 0 saturated heterocycles. The van der Waals surface area contributed by atoms with Gasteiger partial charge in [-0.25, -0.2) is 0 Å². The van der Waals surface area contributed by atoms with E-state index in [2.05, 4.69) is 24.2 Å². The summed E-state index contributed by atoms with van der Waals surface area (Å²) in [6.07, 6.45) is 6.81. The number of fused-ring (bicyclic) bond motifs is 2. The Morgan fingerprint density at radius 1 is 1.36 bits per heavy atom. The standard InChI is InChI=1S/C27H31F3N4O2/c1-15(2)26(35)32-22-6-4-5-7-23-21(22)13-34(33-23)12-20-19-11-31-25(16(3)24(19)20)18-10-17(18)8-9-36-14-27(28,29)30/h4,6-7,11,13,15,17-20,24H,8-10,12,14H2,1-3H3,(H,32,35). The lowest BCUT2D eigenvalue weighted by Crippen LogP contribution is -2.26. The number of carbonyl (C=O) groups is 1. The molecule has 5 unspecified atom stereocenters. The number of halogens is 3. The molecular weight excluding hydrogens is 469 g/mol. The number of ether oxygens (including phenoxy) is 1. The fourth-order valence-corrected chi connectivity index (χ4v) is 5.39. The van der Waals surface area contributed by atoms with Crippen molar-refractivity contribution < 1.29 is 22.7 Å². The van der Waals surface area contributed by atoms with Crippen LogP contribution in [0.4, 0.5) is 13.2 Å². The summed E-state index contributed by atoms with van der Waals surface area (Å²) in [4.78, 5) is 17.0. The molecule has 0 radical (unpaired) electrons. The largest absolute Gasteiger partial charge is 0.411 e. The number of nitrogens with one attached hydrogen (secondary N) is 1. The second-order valence-corrected chi connectivity index (χ2v) is 10.5. The van der Waals surface area contributed by atoms with Crippen LogP contribution in [0.2, 0.25) is 0 Å². The van der Waals surface area contributed by atoms with Crippen LogP contribution in [0.1, 0.15) is 44.9 Å². The summed E-state index contributed by atoms with van der Waals surface area (Å²) in [6.45, 7) is 5.57. The van der Waals surface area contributed by atoms with E-state index in [0.29, 0.717) is 36.0 Å². The van der Waals surface area contributed by atoms with Crippen LogP contribution in [0.3, 0.4) is 0 Å². The first-order chi connectivity index (χ1) is 17.1. The molecule has 4 aliphatic rings. The molecule has 1 aromatic rings. The third-order valence-corrected chi connectivity index (χ3v) is 7.52. The Morgan fingerprint density at radius 2 is 2.17 bits per heavy atom. The van der Waals surface area contributed by atoms with Crippen molar-refractivity contribution in [1.29, 1.82) is 0 Å². The van der Waals surface area contributed by atoms with Crippen LogP contribution in [0.15, 0.2) is 40.3 Å². The Labute approximate surface area is 208 Å². The van der Waals surface area contributed by atoms with Gasteiger partial charge in [0.1, 0.15) is 12.3 Å². The van der Waals surface area contributed by atoms with Crippen molar-refractivity contribution in [2.75, 3.05) is 13.2 Å². The van der Waals surface area contributed by atoms with Gasteiger partial charge < -0.3 is 10.1 Å². The number of aliphatic imine (C=N–C) groups is 1. The number of alkyl halides is 3. The van der Waals surface area contributed by atoms with Crippen LogP contribution in [0.5, 0.6) is 0 Å². The zero-order valence-corrected chi connectivity index (χ0v) is 20.7. The molecule has 36 heavy (non-hydrogen) atoms. The van der Waals surface area contributed by atoms with Crippen LogP contribution in [0.25, 0.3) is 11.8 Å². The van der Waals surface area contributed by atoms with Crippen molar-refractivity contribution in [3.63, 3.8) is 0 Å². The molecule has 5 rings (SSSR count). The topological polar surface area (TPSA) is 68.5 Å². The zero-order chi connectivity index (χ0) is 25.6. The van der Waals surface area contributed by atoms with E-state index in [1.807, 2.05) is 36.9 Å². The molecule has 6 nitrogen and oxygen atoms in total. The summed E-state index contributed by atoms with van der Waals surface area (Å²) < 4.78 is 43.5. The lowest BCUT2D eigenvalue weighted by Gasteiger charge is -2.12. The average molecular weight is 501 g/mol. The fourth-order valence-electron chi connectivity index (χ4n) is 5.39. The molecule has 5 atom stereocenters. The Balaban J connectivity index is 1.20. The molecule has 9 heteroatoms. The van der Waals surface area contributed by atoms with E-state index in [1.54, 1.807) is 6.08 Å². The summed E-state index contributed by atoms with van der Waals surface area (Å²) in [7, 11) is 0. The molecule has 1 aromatic heterocycles. The smallest absolute Gasteiger partial charge is 0.372 e. The van der Waals surface area contributed by atoms with Gasteiger partial charge in [-0.1, -0.05) is 13.8 Å². The molecule has 0 aromatic carbocycles. The van der Waals surface area contributed by atoms with Crippen molar-refractivity contribution in [1.82, 2.24) is 15.1 Å². The van der Waals surface area contributed by atoms with Crippen LogP contribution in [0, 0.1) is 35.5 Å². The number of amides is 1. The minimum absolute atomic E-state index is 0.0433. The lowest BCUT2D eigenvalue weighted by molar-refractivity contribution is -0.174. The molecule has 1 amide bonds. The first-order valence-corrected chi connectivity index (χ1v) is 12.5. The molecule has 0 spiro atoms. The van der Waals surface area contributed by atoms with E-state index in [-0.39, 0.29) is 18.4 Å². The molecule has 1 N–H and O–H groups in total. The van der Waals surface area contributed by atoms with E-state index in [9.17, 15) is 18.0 Å². The fraction of sp³-hybridized carbons (Fsp3) is 0.556. The van der Waals surface area contributed by atoms with E-state index in [4.69, 9.17) is 14.8 Å². The quantitative estimate of drug-likeness (QED) is 0.383. The van der Waals surface area contributed by atoms with Gasteiger partial charge in [0.05, 0.1) is 5.70 Å². The van der Waals surface area contributed by atoms with Gasteiger partial charge in [0.15, 0.2) is 0 Å². The monoisotopic (exact) mass is 500 g/mol. The zero-order valence-electron chi connectivity index (χ0n) is 20.7. The maximum absolute atomic E-state index is 12.3. The Morgan fingerprint density at radius 3 is 2.92 bits per heavy atom. The van der Waals surface area contributed by atoms with Gasteiger partial charge in [0.2, 0.25) is 5.91 Å². The lowest BCUT2D eigenvalue weighted by atomic mass is 10.0. The Hall–Kier alpha value is -2.90. The molecular formula is C27H31F3N4O2. The molecule has 1 aliphatic heterocycles. The number of rotatable bonds is 9. The van der Waals surface area contributed by atoms with Crippen LogP contribution >= 0.6 is 0 Å². The Kier molecular flexibility index (Phi) is 6.55. The van der Waals surface area contributed by atoms with E-state index in [0.717, 1.165) is 35.6 Å². The van der Waals surface area contributed by atoms with Crippen molar-refractivity contribution in [2.24, 2.45) is 40.5 Å². The number of hydrogen-bond acceptors (Lipinski definition) is 4. The minimum Gasteiger partial charge on any atom is -0.372 e. The van der Waals surface area contributed by atoms with Crippen LogP contribution in [-0.4, -0.2) is 41.3 Å². The van der Waals surface area contributed by atoms with Crippen molar-refractivity contribution >= 4 is 23.9 Å². The second-order valence-electron chi connectivity index (χ2n) is 10.5. The highest BCUT2D eigenvalue weighted by atomic mass is 19.4. The van der Waals surface area contributed by atoms with Gasteiger partial charge in [-0.3, -0.25) is 14.5 Å². The highest BCUT2D eigenvalue weighted by Crippen LogP contribution is 2.58. The van der Waals surface area contributed by atoms with Crippen molar-refractivity contribution in [3.8, 4) is 0 Å². The maximum Gasteiger partial charge on any atom is 0.411 e. The number of allylic oxidation sites excluding steroid dienone is 4. The average Bonchev–Trinajstić information content (AvgIpc) is 3.69. The first-order valence-electron chi connectivity index (χ1n) is 12.5. The molecule has 3 aliphatic carbocycles. The molecule has 0 bridgehead atoms. The molecule has 2 fully saturated rings. The van der Waals surface area contributed by atoms with E-state index in [1.165, 1.54) is 5.57 Å². The van der Waals surface area contributed by atoms with Gasteiger partial charge in [-0.2, -0.15) is 18.3 Å². The summed E-state index contributed by atoms with van der Waals surface area (Å²) >= 11 is 0. The number of hydrogen-bond donors (Lipinski definition) is 1. The summed E-state index contributed by atoms with van der Waals surface area (Å²) in [5, 5.41) is 7.74. The summed E-state index contributed by atoms with van der Waals surface area (Å²) in [6, 6.07) is 0. The molecule has 2 heterocycles. The maximum atomic E-state index is 12.3. The van der Waals surface area contributed by atoms with E-state index >= 15 is 0 Å². The van der Waals surface area contributed by atoms with Crippen molar-refractivity contribution in [3.05, 3.63) is 46.6 Å². The highest BCUT2D eigenvalue weighted by molar-refractivity contribution is 5.89. The van der Waals surface area contributed by atoms with Gasteiger partial charge >= 0.3 is 6.18 Å². The predicted molar refractivity (Wildman–Crippen MR) is 130 cm³/mol. The van der Waals surface area contributed by atoms with Gasteiger partial charge in [-0.05, 0) is 55.2 Å². The summed E-state index contributed by atoms with van der Waals surface area (Å²) in [5.41, 5.74) is 7.88. The van der Waals surface area contributed by atoms with Crippen LogP contribution < -0.4 is 5.32 Å². The third kappa shape index (κ3) is 5.27. The number of nitrogens with zero attached hydrogens (tertiary/aromatic N) is 3. The summed E-state index contributed by atoms with van der Waals surface area (Å²) in [5.74, 6) is 1.72. The van der Waals surface area contributed by atoms with Gasteiger partial charge in [0.25, 0.3) is 0 Å². The van der Waals surface area contributed by atoms with E-state index < -0.39 is 12.8 Å². The highest BCUT2D eigenvalue weighted by Gasteiger charge is 2.54. The minimum atomic E-state index is -4.27. The normalized spacial score (nSPS) is 28.1.